The Kier molecular flexibility index (Phi) is 4.01. The normalized spacial score (nSPS) is 17.4. The van der Waals surface area contributed by atoms with Gasteiger partial charge in [-0.2, -0.15) is 0 Å². The van der Waals surface area contributed by atoms with Crippen molar-refractivity contribution in [2.75, 3.05) is 11.4 Å². The highest BCUT2D eigenvalue weighted by Gasteiger charge is 2.35. The van der Waals surface area contributed by atoms with Crippen LogP contribution in [-0.4, -0.2) is 23.3 Å². The Morgan fingerprint density at radius 3 is 3.12 bits per heavy atom. The first-order valence-electron chi connectivity index (χ1n) is 8.08. The van der Waals surface area contributed by atoms with Crippen LogP contribution in [-0.2, 0) is 16.1 Å². The van der Waals surface area contributed by atoms with Crippen LogP contribution in [0.1, 0.15) is 17.2 Å². The molecule has 25 heavy (non-hydrogen) atoms. The molecular formula is C18H17N3O3S. The molecule has 1 aliphatic heterocycles. The molecule has 6 nitrogen and oxygen atoms in total. The van der Waals surface area contributed by atoms with Crippen molar-refractivity contribution in [3.8, 4) is 0 Å². The lowest BCUT2D eigenvalue weighted by Crippen LogP contribution is -2.32. The quantitative estimate of drug-likeness (QED) is 0.781. The predicted octanol–water partition coefficient (Wildman–Crippen LogP) is 2.87. The zero-order valence-corrected chi connectivity index (χ0v) is 14.5. The number of aromatic nitrogens is 1. The van der Waals surface area contributed by atoms with E-state index in [1.54, 1.807) is 23.2 Å². The summed E-state index contributed by atoms with van der Waals surface area (Å²) in [6.45, 7) is 2.68. The van der Waals surface area contributed by atoms with Gasteiger partial charge in [0.2, 0.25) is 11.8 Å². The summed E-state index contributed by atoms with van der Waals surface area (Å²) in [6.07, 6.45) is 0.228. The minimum atomic E-state index is -0.331. The molecule has 0 radical (unpaired) electrons. The summed E-state index contributed by atoms with van der Waals surface area (Å²) in [4.78, 5) is 31.8. The molecule has 2 amide bonds. The summed E-state index contributed by atoms with van der Waals surface area (Å²) in [5.74, 6) is 0.131. The molecular weight excluding hydrogens is 338 g/mol. The lowest BCUT2D eigenvalue weighted by molar-refractivity contribution is -0.126. The highest BCUT2D eigenvalue weighted by molar-refractivity contribution is 7.09. The van der Waals surface area contributed by atoms with Gasteiger partial charge < -0.3 is 14.6 Å². The molecule has 3 aromatic rings. The third kappa shape index (κ3) is 3.15. The van der Waals surface area contributed by atoms with E-state index in [-0.39, 0.29) is 24.2 Å². The van der Waals surface area contributed by atoms with Crippen LogP contribution in [0.25, 0.3) is 11.1 Å². The van der Waals surface area contributed by atoms with Crippen molar-refractivity contribution >= 4 is 39.9 Å². The Morgan fingerprint density at radius 1 is 1.44 bits per heavy atom. The van der Waals surface area contributed by atoms with E-state index in [4.69, 9.17) is 4.42 Å². The minimum Gasteiger partial charge on any atom is -0.441 e. The lowest BCUT2D eigenvalue weighted by Gasteiger charge is -2.16. The molecule has 0 aliphatic carbocycles. The number of nitrogens with zero attached hydrogens (tertiary/aromatic N) is 2. The van der Waals surface area contributed by atoms with Gasteiger partial charge in [-0.05, 0) is 29.6 Å². The summed E-state index contributed by atoms with van der Waals surface area (Å²) in [7, 11) is 0. The second-order valence-electron chi connectivity index (χ2n) is 6.09. The standard InChI is InChI=1S/C18H17N3O3S/c1-11-20-15-8-13(4-5-16(15)24-11)21-10-12(7-17(21)22)18(23)19-9-14-3-2-6-25-14/h2-6,8,12H,7,9-10H2,1H3,(H,19,23)/t12-/m0/s1. The van der Waals surface area contributed by atoms with E-state index in [1.165, 1.54) is 0 Å². The van der Waals surface area contributed by atoms with Crippen molar-refractivity contribution in [3.63, 3.8) is 0 Å². The van der Waals surface area contributed by atoms with Gasteiger partial charge in [0, 0.05) is 30.5 Å². The van der Waals surface area contributed by atoms with Gasteiger partial charge in [0.15, 0.2) is 11.5 Å². The molecule has 0 bridgehead atoms. The number of thiophene rings is 1. The first kappa shape index (κ1) is 15.8. The zero-order valence-electron chi connectivity index (χ0n) is 13.7. The van der Waals surface area contributed by atoms with E-state index < -0.39 is 0 Å². The van der Waals surface area contributed by atoms with E-state index in [0.29, 0.717) is 30.1 Å². The molecule has 1 aromatic carbocycles. The number of carbonyl (C=O) groups is 2. The molecule has 3 heterocycles. The van der Waals surface area contributed by atoms with Crippen molar-refractivity contribution in [1.82, 2.24) is 10.3 Å². The Labute approximate surface area is 148 Å². The fourth-order valence-corrected chi connectivity index (χ4v) is 3.71. The van der Waals surface area contributed by atoms with Crippen LogP contribution in [0.2, 0.25) is 0 Å². The molecule has 128 valence electrons. The van der Waals surface area contributed by atoms with Crippen LogP contribution < -0.4 is 10.2 Å². The number of carbonyl (C=O) groups excluding carboxylic acids is 2. The molecule has 2 aromatic heterocycles. The van der Waals surface area contributed by atoms with Gasteiger partial charge in [-0.3, -0.25) is 9.59 Å². The largest absolute Gasteiger partial charge is 0.441 e. The number of benzene rings is 1. The number of fused-ring (bicyclic) bond motifs is 1. The Hall–Kier alpha value is -2.67. The Bertz CT molecular complexity index is 932. The first-order chi connectivity index (χ1) is 12.1. The molecule has 0 unspecified atom stereocenters. The maximum atomic E-state index is 12.4. The van der Waals surface area contributed by atoms with Crippen molar-refractivity contribution in [2.24, 2.45) is 5.92 Å². The smallest absolute Gasteiger partial charge is 0.227 e. The van der Waals surface area contributed by atoms with Crippen molar-refractivity contribution in [3.05, 3.63) is 46.5 Å². The average molecular weight is 355 g/mol. The van der Waals surface area contributed by atoms with Gasteiger partial charge in [-0.15, -0.1) is 11.3 Å². The van der Waals surface area contributed by atoms with Crippen LogP contribution in [0.3, 0.4) is 0 Å². The number of oxazole rings is 1. The van der Waals surface area contributed by atoms with Gasteiger partial charge in [0.25, 0.3) is 0 Å². The van der Waals surface area contributed by atoms with Crippen LogP contribution in [0.15, 0.2) is 40.1 Å². The van der Waals surface area contributed by atoms with E-state index in [1.807, 2.05) is 35.7 Å². The molecule has 1 fully saturated rings. The summed E-state index contributed by atoms with van der Waals surface area (Å²) in [5.41, 5.74) is 2.16. The van der Waals surface area contributed by atoms with E-state index in [2.05, 4.69) is 10.3 Å². The van der Waals surface area contributed by atoms with E-state index in [9.17, 15) is 9.59 Å². The Morgan fingerprint density at radius 2 is 2.32 bits per heavy atom. The molecule has 7 heteroatoms. The number of hydrogen-bond donors (Lipinski definition) is 1. The lowest BCUT2D eigenvalue weighted by atomic mass is 10.1. The fourth-order valence-electron chi connectivity index (χ4n) is 3.06. The fraction of sp³-hybridized carbons (Fsp3) is 0.278. The average Bonchev–Trinajstić information content (AvgIpc) is 3.30. The zero-order chi connectivity index (χ0) is 17.4. The molecule has 4 rings (SSSR count). The SMILES string of the molecule is Cc1nc2cc(N3C[C@@H](C(=O)NCc4cccs4)CC3=O)ccc2o1. The maximum absolute atomic E-state index is 12.4. The second kappa shape index (κ2) is 6.33. The monoisotopic (exact) mass is 355 g/mol. The summed E-state index contributed by atoms with van der Waals surface area (Å²) in [5, 5.41) is 4.89. The number of aryl methyl sites for hydroxylation is 1. The van der Waals surface area contributed by atoms with Gasteiger partial charge in [-0.25, -0.2) is 4.98 Å². The highest BCUT2D eigenvalue weighted by atomic mass is 32.1. The third-order valence-electron chi connectivity index (χ3n) is 4.30. The van der Waals surface area contributed by atoms with Crippen LogP contribution in [0.4, 0.5) is 5.69 Å². The molecule has 1 N–H and O–H groups in total. The summed E-state index contributed by atoms with van der Waals surface area (Å²) in [6, 6.07) is 9.40. The molecule has 0 saturated carbocycles. The Balaban J connectivity index is 1.46. The van der Waals surface area contributed by atoms with Gasteiger partial charge >= 0.3 is 0 Å². The molecule has 0 spiro atoms. The summed E-state index contributed by atoms with van der Waals surface area (Å²) < 4.78 is 5.46. The van der Waals surface area contributed by atoms with E-state index in [0.717, 1.165) is 10.6 Å². The van der Waals surface area contributed by atoms with Crippen molar-refractivity contribution in [2.45, 2.75) is 19.9 Å². The van der Waals surface area contributed by atoms with Crippen molar-refractivity contribution < 1.29 is 14.0 Å². The number of nitrogens with one attached hydrogen (secondary N) is 1. The number of anilines is 1. The number of hydrogen-bond acceptors (Lipinski definition) is 5. The first-order valence-corrected chi connectivity index (χ1v) is 8.96. The topological polar surface area (TPSA) is 75.4 Å². The van der Waals surface area contributed by atoms with Gasteiger partial charge in [-0.1, -0.05) is 6.07 Å². The van der Waals surface area contributed by atoms with Crippen molar-refractivity contribution in [1.29, 1.82) is 0 Å². The minimum absolute atomic E-state index is 0.0455. The molecule has 1 aliphatic rings. The predicted molar refractivity (Wildman–Crippen MR) is 95.4 cm³/mol. The number of rotatable bonds is 4. The maximum Gasteiger partial charge on any atom is 0.227 e. The molecule has 1 saturated heterocycles. The van der Waals surface area contributed by atoms with Gasteiger partial charge in [0.1, 0.15) is 5.52 Å². The van der Waals surface area contributed by atoms with Gasteiger partial charge in [0.05, 0.1) is 12.5 Å². The molecule has 1 atom stereocenters. The number of amides is 2. The van der Waals surface area contributed by atoms with Crippen LogP contribution in [0, 0.1) is 12.8 Å². The van der Waals surface area contributed by atoms with E-state index >= 15 is 0 Å². The third-order valence-corrected chi connectivity index (χ3v) is 5.18. The highest BCUT2D eigenvalue weighted by Crippen LogP contribution is 2.28. The van der Waals surface area contributed by atoms with Crippen LogP contribution >= 0.6 is 11.3 Å². The second-order valence-corrected chi connectivity index (χ2v) is 7.12. The summed E-state index contributed by atoms with van der Waals surface area (Å²) >= 11 is 1.60. The van der Waals surface area contributed by atoms with Crippen LogP contribution in [0.5, 0.6) is 0 Å².